The van der Waals surface area contributed by atoms with Crippen LogP contribution in [-0.4, -0.2) is 41.5 Å². The molecule has 1 aromatic carbocycles. The number of benzene rings is 1. The number of nitrogens with one attached hydrogen (secondary N) is 1. The van der Waals surface area contributed by atoms with Crippen LogP contribution in [0.1, 0.15) is 28.9 Å². The molecule has 0 spiro atoms. The van der Waals surface area contributed by atoms with Crippen molar-refractivity contribution in [2.45, 2.75) is 19.4 Å². The Morgan fingerprint density at radius 1 is 1.29 bits per heavy atom. The predicted octanol–water partition coefficient (Wildman–Crippen LogP) is 3.67. The number of hydrogen-bond donors (Lipinski definition) is 1. The second kappa shape index (κ2) is 8.75. The lowest BCUT2D eigenvalue weighted by Crippen LogP contribution is -2.14. The van der Waals surface area contributed by atoms with E-state index in [0.717, 1.165) is 11.8 Å². The molecule has 7 nitrogen and oxygen atoms in total. The minimum atomic E-state index is -2.72. The van der Waals surface area contributed by atoms with E-state index in [9.17, 15) is 13.6 Å². The van der Waals surface area contributed by atoms with Crippen molar-refractivity contribution in [3.63, 3.8) is 0 Å². The third-order valence-electron chi connectivity index (χ3n) is 4.09. The fourth-order valence-corrected chi connectivity index (χ4v) is 2.76. The van der Waals surface area contributed by atoms with Gasteiger partial charge < -0.3 is 14.8 Å². The number of carbonyl (C=O) groups is 1. The summed E-state index contributed by atoms with van der Waals surface area (Å²) >= 11 is 0. The van der Waals surface area contributed by atoms with Crippen LogP contribution in [0.2, 0.25) is 0 Å². The van der Waals surface area contributed by atoms with Gasteiger partial charge in [-0.25, -0.2) is 13.8 Å². The number of nitrogens with zero attached hydrogens (tertiary/aromatic N) is 3. The van der Waals surface area contributed by atoms with Crippen molar-refractivity contribution in [1.82, 2.24) is 14.8 Å². The highest BCUT2D eigenvalue weighted by atomic mass is 19.3. The summed E-state index contributed by atoms with van der Waals surface area (Å²) in [6.07, 6.45) is -0.0791. The number of rotatable bonds is 8. The van der Waals surface area contributed by atoms with Crippen LogP contribution in [0.25, 0.3) is 10.9 Å². The lowest BCUT2D eigenvalue weighted by Gasteiger charge is -2.10. The van der Waals surface area contributed by atoms with E-state index in [1.807, 2.05) is 6.20 Å². The number of amides is 1. The highest BCUT2D eigenvalue weighted by Gasteiger charge is 2.17. The van der Waals surface area contributed by atoms with Gasteiger partial charge in [-0.3, -0.25) is 9.48 Å². The fraction of sp³-hybridized carbons (Fsp3) is 0.316. The van der Waals surface area contributed by atoms with Crippen molar-refractivity contribution in [1.29, 1.82) is 0 Å². The number of methoxy groups -OCH3 is 2. The molecule has 0 saturated carbocycles. The summed E-state index contributed by atoms with van der Waals surface area (Å²) in [5, 5.41) is 7.76. The Morgan fingerprint density at radius 2 is 2.11 bits per heavy atom. The van der Waals surface area contributed by atoms with Gasteiger partial charge in [0.25, 0.3) is 12.3 Å². The van der Waals surface area contributed by atoms with Gasteiger partial charge in [-0.2, -0.15) is 5.10 Å². The van der Waals surface area contributed by atoms with E-state index in [-0.39, 0.29) is 11.4 Å². The second-order valence-corrected chi connectivity index (χ2v) is 6.05. The average molecular weight is 390 g/mol. The third kappa shape index (κ3) is 4.42. The minimum absolute atomic E-state index is 0.0419. The molecule has 1 N–H and O–H groups in total. The monoisotopic (exact) mass is 390 g/mol. The smallest absolute Gasteiger partial charge is 0.280 e. The van der Waals surface area contributed by atoms with Crippen LogP contribution in [0, 0.1) is 0 Å². The number of carbonyl (C=O) groups excluding carboxylic acids is 1. The molecule has 1 amide bonds. The van der Waals surface area contributed by atoms with Crippen molar-refractivity contribution < 1.29 is 23.0 Å². The summed E-state index contributed by atoms with van der Waals surface area (Å²) in [6, 6.07) is 7.38. The molecule has 0 radical (unpaired) electrons. The largest absolute Gasteiger partial charge is 0.496 e. The number of aromatic nitrogens is 3. The minimum Gasteiger partial charge on any atom is -0.496 e. The number of anilines is 1. The quantitative estimate of drug-likeness (QED) is 0.594. The first-order chi connectivity index (χ1) is 13.5. The molecule has 2 aromatic heterocycles. The first kappa shape index (κ1) is 19.7. The van der Waals surface area contributed by atoms with Gasteiger partial charge in [-0.05, 0) is 24.6 Å². The van der Waals surface area contributed by atoms with E-state index in [0.29, 0.717) is 24.4 Å². The number of alkyl halides is 2. The zero-order chi connectivity index (χ0) is 20.1. The molecular formula is C19H20F2N4O3. The van der Waals surface area contributed by atoms with Crippen LogP contribution in [0.15, 0.2) is 36.5 Å². The molecule has 148 valence electrons. The van der Waals surface area contributed by atoms with E-state index >= 15 is 0 Å². The summed E-state index contributed by atoms with van der Waals surface area (Å²) in [7, 11) is 3.09. The Hall–Kier alpha value is -3.07. The lowest BCUT2D eigenvalue weighted by molar-refractivity contribution is 0.102. The topological polar surface area (TPSA) is 78.3 Å². The van der Waals surface area contributed by atoms with E-state index in [2.05, 4.69) is 15.4 Å². The molecule has 28 heavy (non-hydrogen) atoms. The number of ether oxygens (including phenoxy) is 2. The van der Waals surface area contributed by atoms with Crippen LogP contribution < -0.4 is 10.1 Å². The molecule has 0 atom stereocenters. The standard InChI is InChI=1S/C19H20F2N4O3/c1-27-8-4-7-25-11-12-9-13(16(28-2)10-15(12)24-25)19(26)23-17-6-3-5-14(22-17)18(20)21/h3,5-6,9-11,18H,4,7-8H2,1-2H3,(H,22,23,26). The Bertz CT molecular complexity index is 975. The molecule has 3 rings (SSSR count). The normalized spacial score (nSPS) is 11.2. The number of fused-ring (bicyclic) bond motifs is 1. The molecule has 0 fully saturated rings. The van der Waals surface area contributed by atoms with Crippen molar-refractivity contribution >= 4 is 22.6 Å². The van der Waals surface area contributed by atoms with Gasteiger partial charge in [0.05, 0.1) is 18.2 Å². The molecule has 3 aromatic rings. The molecule has 0 aliphatic carbocycles. The Balaban J connectivity index is 1.86. The molecule has 0 bridgehead atoms. The number of pyridine rings is 1. The highest BCUT2D eigenvalue weighted by Crippen LogP contribution is 2.26. The summed E-state index contributed by atoms with van der Waals surface area (Å²) in [6.45, 7) is 1.30. The maximum atomic E-state index is 12.8. The van der Waals surface area contributed by atoms with Gasteiger partial charge in [0.15, 0.2) is 0 Å². The molecule has 0 aliphatic heterocycles. The van der Waals surface area contributed by atoms with E-state index in [1.165, 1.54) is 25.3 Å². The average Bonchev–Trinajstić information content (AvgIpc) is 3.08. The van der Waals surface area contributed by atoms with Crippen molar-refractivity contribution in [2.24, 2.45) is 0 Å². The Labute approximate surface area is 160 Å². The maximum absolute atomic E-state index is 12.8. The first-order valence-electron chi connectivity index (χ1n) is 8.62. The van der Waals surface area contributed by atoms with Gasteiger partial charge in [0.2, 0.25) is 0 Å². The number of hydrogen-bond acceptors (Lipinski definition) is 5. The Kier molecular flexibility index (Phi) is 6.15. The van der Waals surface area contributed by atoms with E-state index in [4.69, 9.17) is 9.47 Å². The van der Waals surface area contributed by atoms with Gasteiger partial charge in [0.1, 0.15) is 17.3 Å². The van der Waals surface area contributed by atoms with E-state index in [1.54, 1.807) is 23.9 Å². The van der Waals surface area contributed by atoms with Crippen LogP contribution in [-0.2, 0) is 11.3 Å². The van der Waals surface area contributed by atoms with Crippen LogP contribution >= 0.6 is 0 Å². The van der Waals surface area contributed by atoms with Gasteiger partial charge in [-0.1, -0.05) is 6.07 Å². The summed E-state index contributed by atoms with van der Waals surface area (Å²) in [5.74, 6) is -0.137. The zero-order valence-electron chi connectivity index (χ0n) is 15.5. The van der Waals surface area contributed by atoms with Crippen molar-refractivity contribution in [2.75, 3.05) is 26.1 Å². The van der Waals surface area contributed by atoms with Crippen LogP contribution in [0.5, 0.6) is 5.75 Å². The third-order valence-corrected chi connectivity index (χ3v) is 4.09. The summed E-state index contributed by atoms with van der Waals surface area (Å²) < 4.78 is 37.7. The molecule has 0 unspecified atom stereocenters. The maximum Gasteiger partial charge on any atom is 0.280 e. The fourth-order valence-electron chi connectivity index (χ4n) is 2.76. The lowest BCUT2D eigenvalue weighted by atomic mass is 10.1. The van der Waals surface area contributed by atoms with Crippen LogP contribution in [0.4, 0.5) is 14.6 Å². The molecule has 9 heteroatoms. The SMILES string of the molecule is COCCCn1cc2cc(C(=O)Nc3cccc(C(F)F)n3)c(OC)cc2n1. The zero-order valence-corrected chi connectivity index (χ0v) is 15.5. The number of aryl methyl sites for hydroxylation is 1. The second-order valence-electron chi connectivity index (χ2n) is 6.05. The summed E-state index contributed by atoms with van der Waals surface area (Å²) in [5.41, 5.74) is 0.539. The molecule has 0 saturated heterocycles. The number of halogens is 2. The predicted molar refractivity (Wildman–Crippen MR) is 99.9 cm³/mol. The van der Waals surface area contributed by atoms with Crippen molar-refractivity contribution in [3.05, 3.63) is 47.8 Å². The van der Waals surface area contributed by atoms with E-state index < -0.39 is 18.0 Å². The van der Waals surface area contributed by atoms with Gasteiger partial charge >= 0.3 is 0 Å². The molecule has 2 heterocycles. The first-order valence-corrected chi connectivity index (χ1v) is 8.62. The Morgan fingerprint density at radius 3 is 2.82 bits per heavy atom. The molecular weight excluding hydrogens is 370 g/mol. The van der Waals surface area contributed by atoms with Gasteiger partial charge in [-0.15, -0.1) is 0 Å². The molecule has 0 aliphatic rings. The summed E-state index contributed by atoms with van der Waals surface area (Å²) in [4.78, 5) is 16.4. The highest BCUT2D eigenvalue weighted by molar-refractivity contribution is 6.08. The van der Waals surface area contributed by atoms with Crippen molar-refractivity contribution in [3.8, 4) is 5.75 Å². The van der Waals surface area contributed by atoms with Gasteiger partial charge in [0, 0.05) is 37.9 Å². The van der Waals surface area contributed by atoms with Crippen LogP contribution in [0.3, 0.4) is 0 Å².